The maximum atomic E-state index is 6.37. The lowest BCUT2D eigenvalue weighted by molar-refractivity contribution is 0.406. The summed E-state index contributed by atoms with van der Waals surface area (Å²) in [7, 11) is 1.66. The van der Waals surface area contributed by atoms with Gasteiger partial charge in [0.1, 0.15) is 5.75 Å². The first-order valence-electron chi connectivity index (χ1n) is 6.05. The summed E-state index contributed by atoms with van der Waals surface area (Å²) in [5, 5.41) is 0. The van der Waals surface area contributed by atoms with Crippen LogP contribution in [0.15, 0.2) is 34.9 Å². The molecule has 0 saturated heterocycles. The van der Waals surface area contributed by atoms with E-state index in [0.29, 0.717) is 0 Å². The molecule has 0 spiro atoms. The second kappa shape index (κ2) is 5.72. The Morgan fingerprint density at radius 1 is 1.32 bits per heavy atom. The van der Waals surface area contributed by atoms with Crippen molar-refractivity contribution in [3.63, 3.8) is 0 Å². The van der Waals surface area contributed by atoms with Gasteiger partial charge in [-0.25, -0.2) is 0 Å². The van der Waals surface area contributed by atoms with Crippen molar-refractivity contribution >= 4 is 15.9 Å². The number of rotatable bonds is 3. The highest BCUT2D eigenvalue weighted by molar-refractivity contribution is 9.10. The molecule has 1 aromatic carbocycles. The average molecular weight is 321 g/mol. The number of halogens is 1. The molecular weight excluding hydrogens is 304 g/mol. The lowest BCUT2D eigenvalue weighted by Gasteiger charge is -2.19. The van der Waals surface area contributed by atoms with E-state index in [-0.39, 0.29) is 6.04 Å². The van der Waals surface area contributed by atoms with Crippen LogP contribution in [0.4, 0.5) is 0 Å². The van der Waals surface area contributed by atoms with Crippen molar-refractivity contribution in [2.24, 2.45) is 5.73 Å². The minimum atomic E-state index is -0.314. The van der Waals surface area contributed by atoms with Crippen LogP contribution in [0.2, 0.25) is 0 Å². The largest absolute Gasteiger partial charge is 0.496 e. The molecule has 0 amide bonds. The minimum Gasteiger partial charge on any atom is -0.496 e. The average Bonchev–Trinajstić information content (AvgIpc) is 2.37. The van der Waals surface area contributed by atoms with Gasteiger partial charge in [-0.2, -0.15) is 0 Å². The van der Waals surface area contributed by atoms with Crippen molar-refractivity contribution in [2.45, 2.75) is 19.9 Å². The Kier molecular flexibility index (Phi) is 4.22. The Bertz CT molecular complexity index is 599. The highest BCUT2D eigenvalue weighted by Crippen LogP contribution is 2.33. The number of aromatic nitrogens is 1. The minimum absolute atomic E-state index is 0.314. The molecule has 19 heavy (non-hydrogen) atoms. The maximum Gasteiger partial charge on any atom is 0.124 e. The quantitative estimate of drug-likeness (QED) is 0.941. The van der Waals surface area contributed by atoms with Crippen LogP contribution in [0.25, 0.3) is 0 Å². The van der Waals surface area contributed by atoms with Crippen LogP contribution in [0.1, 0.15) is 28.4 Å². The summed E-state index contributed by atoms with van der Waals surface area (Å²) in [5.41, 5.74) is 10.4. The standard InChI is InChI=1S/C15H17BrN2O/c1-9-7-10(2)13(12(8-9)19-3)14(17)15-11(16)5-4-6-18-15/h4-8,14H,17H2,1-3H3. The van der Waals surface area contributed by atoms with Gasteiger partial charge >= 0.3 is 0 Å². The smallest absolute Gasteiger partial charge is 0.124 e. The normalized spacial score (nSPS) is 12.3. The van der Waals surface area contributed by atoms with E-state index in [0.717, 1.165) is 32.6 Å². The zero-order valence-electron chi connectivity index (χ0n) is 11.3. The SMILES string of the molecule is COc1cc(C)cc(C)c1C(N)c1ncccc1Br. The van der Waals surface area contributed by atoms with Gasteiger partial charge < -0.3 is 10.5 Å². The third kappa shape index (κ3) is 2.80. The molecule has 2 rings (SSSR count). The van der Waals surface area contributed by atoms with Gasteiger partial charge in [0, 0.05) is 16.2 Å². The van der Waals surface area contributed by atoms with Gasteiger partial charge in [-0.05, 0) is 59.1 Å². The van der Waals surface area contributed by atoms with Crippen molar-refractivity contribution in [1.29, 1.82) is 0 Å². The molecule has 4 heteroatoms. The van der Waals surface area contributed by atoms with Crippen LogP contribution in [-0.2, 0) is 0 Å². The Hall–Kier alpha value is -1.39. The molecule has 1 aromatic heterocycles. The highest BCUT2D eigenvalue weighted by atomic mass is 79.9. The third-order valence-electron chi connectivity index (χ3n) is 3.11. The van der Waals surface area contributed by atoms with Gasteiger partial charge in [0.05, 0.1) is 18.8 Å². The summed E-state index contributed by atoms with van der Waals surface area (Å²) in [5.74, 6) is 0.808. The predicted molar refractivity (Wildman–Crippen MR) is 80.4 cm³/mol. The van der Waals surface area contributed by atoms with Crippen LogP contribution in [0, 0.1) is 13.8 Å². The lowest BCUT2D eigenvalue weighted by Crippen LogP contribution is -2.16. The number of nitrogens with two attached hydrogens (primary N) is 1. The molecule has 1 atom stereocenters. The second-order valence-corrected chi connectivity index (χ2v) is 5.40. The van der Waals surface area contributed by atoms with Crippen molar-refractivity contribution in [3.8, 4) is 5.75 Å². The first kappa shape index (κ1) is 14.0. The molecule has 0 fully saturated rings. The van der Waals surface area contributed by atoms with E-state index in [4.69, 9.17) is 10.5 Å². The van der Waals surface area contributed by atoms with Gasteiger partial charge in [-0.15, -0.1) is 0 Å². The summed E-state index contributed by atoms with van der Waals surface area (Å²) in [4.78, 5) is 4.37. The van der Waals surface area contributed by atoms with Crippen molar-refractivity contribution in [2.75, 3.05) is 7.11 Å². The van der Waals surface area contributed by atoms with E-state index < -0.39 is 0 Å². The number of methoxy groups -OCH3 is 1. The van der Waals surface area contributed by atoms with Gasteiger partial charge in [-0.3, -0.25) is 4.98 Å². The molecule has 1 heterocycles. The monoisotopic (exact) mass is 320 g/mol. The maximum absolute atomic E-state index is 6.37. The topological polar surface area (TPSA) is 48.1 Å². The summed E-state index contributed by atoms with van der Waals surface area (Å²) in [6.45, 7) is 4.09. The molecule has 3 nitrogen and oxygen atoms in total. The Morgan fingerprint density at radius 3 is 2.68 bits per heavy atom. The molecule has 100 valence electrons. The van der Waals surface area contributed by atoms with Crippen LogP contribution < -0.4 is 10.5 Å². The van der Waals surface area contributed by atoms with Crippen molar-refractivity contribution < 1.29 is 4.74 Å². The molecule has 2 N–H and O–H groups in total. The van der Waals surface area contributed by atoms with Crippen molar-refractivity contribution in [3.05, 3.63) is 57.3 Å². The molecule has 0 aliphatic carbocycles. The number of nitrogens with zero attached hydrogens (tertiary/aromatic N) is 1. The van der Waals surface area contributed by atoms with E-state index in [1.807, 2.05) is 32.0 Å². The summed E-state index contributed by atoms with van der Waals surface area (Å²) in [6.07, 6.45) is 1.75. The number of hydrogen-bond acceptors (Lipinski definition) is 3. The fraction of sp³-hybridized carbons (Fsp3) is 0.267. The van der Waals surface area contributed by atoms with Crippen LogP contribution in [0.3, 0.4) is 0 Å². The molecule has 0 aliphatic rings. The number of benzene rings is 1. The zero-order chi connectivity index (χ0) is 14.0. The molecule has 1 unspecified atom stereocenters. The number of ether oxygens (including phenoxy) is 1. The van der Waals surface area contributed by atoms with Gasteiger partial charge in [0.2, 0.25) is 0 Å². The zero-order valence-corrected chi connectivity index (χ0v) is 12.9. The second-order valence-electron chi connectivity index (χ2n) is 4.55. The van der Waals surface area contributed by atoms with E-state index in [2.05, 4.69) is 27.0 Å². The van der Waals surface area contributed by atoms with Gasteiger partial charge in [0.25, 0.3) is 0 Å². The molecule has 0 saturated carbocycles. The predicted octanol–water partition coefficient (Wildman–Crippen LogP) is 3.52. The fourth-order valence-corrected chi connectivity index (χ4v) is 2.77. The first-order valence-corrected chi connectivity index (χ1v) is 6.85. The number of aryl methyl sites for hydroxylation is 2. The Labute approximate surface area is 121 Å². The fourth-order valence-electron chi connectivity index (χ4n) is 2.27. The van der Waals surface area contributed by atoms with Crippen LogP contribution >= 0.6 is 15.9 Å². The van der Waals surface area contributed by atoms with Gasteiger partial charge in [-0.1, -0.05) is 6.07 Å². The highest BCUT2D eigenvalue weighted by Gasteiger charge is 2.20. The van der Waals surface area contributed by atoms with Crippen molar-refractivity contribution in [1.82, 2.24) is 4.98 Å². The van der Waals surface area contributed by atoms with E-state index in [1.165, 1.54) is 0 Å². The number of hydrogen-bond donors (Lipinski definition) is 1. The molecular formula is C15H17BrN2O. The summed E-state index contributed by atoms with van der Waals surface area (Å²) < 4.78 is 6.37. The van der Waals surface area contributed by atoms with Crippen LogP contribution in [-0.4, -0.2) is 12.1 Å². The van der Waals surface area contributed by atoms with Crippen LogP contribution in [0.5, 0.6) is 5.75 Å². The molecule has 0 bridgehead atoms. The first-order chi connectivity index (χ1) is 9.04. The summed E-state index contributed by atoms with van der Waals surface area (Å²) in [6, 6.07) is 7.61. The van der Waals surface area contributed by atoms with E-state index >= 15 is 0 Å². The van der Waals surface area contributed by atoms with E-state index in [1.54, 1.807) is 13.3 Å². The Balaban J connectivity index is 2.56. The molecule has 0 aliphatic heterocycles. The molecule has 0 radical (unpaired) electrons. The van der Waals surface area contributed by atoms with Gasteiger partial charge in [0.15, 0.2) is 0 Å². The summed E-state index contributed by atoms with van der Waals surface area (Å²) >= 11 is 3.50. The lowest BCUT2D eigenvalue weighted by atomic mass is 9.96. The number of pyridine rings is 1. The third-order valence-corrected chi connectivity index (χ3v) is 3.78. The Morgan fingerprint density at radius 2 is 2.05 bits per heavy atom. The van der Waals surface area contributed by atoms with E-state index in [9.17, 15) is 0 Å². The molecule has 2 aromatic rings.